The van der Waals surface area contributed by atoms with Gasteiger partial charge in [0.2, 0.25) is 17.7 Å². The first kappa shape index (κ1) is 22.2. The number of hydrogen-bond donors (Lipinski definition) is 3. The summed E-state index contributed by atoms with van der Waals surface area (Å²) in [5, 5.41) is 6.20. The Morgan fingerprint density at radius 3 is 2.61 bits per heavy atom. The standard InChI is InChI=1S/C20H29ClN4O3/c1-12(2)17(24-18(26)13(3)22)20(28)25-9-5-8-16(25)19(27)23-11-14-6-4-7-15(21)10-14/h4,6-7,10,12-13,16-17H,5,8-9,11,22H2,1-3H3,(H,23,27)(H,24,26)/t13-,16-,17-/m0/s1. The molecule has 154 valence electrons. The molecule has 0 unspecified atom stereocenters. The lowest BCUT2D eigenvalue weighted by Crippen LogP contribution is -2.56. The summed E-state index contributed by atoms with van der Waals surface area (Å²) < 4.78 is 0. The molecule has 1 aromatic carbocycles. The number of likely N-dealkylation sites (tertiary alicyclic amines) is 1. The van der Waals surface area contributed by atoms with E-state index in [1.807, 2.05) is 26.0 Å². The lowest BCUT2D eigenvalue weighted by Gasteiger charge is -2.30. The average Bonchev–Trinajstić information content (AvgIpc) is 3.13. The summed E-state index contributed by atoms with van der Waals surface area (Å²) in [4.78, 5) is 39.3. The number of amides is 3. The smallest absolute Gasteiger partial charge is 0.246 e. The summed E-state index contributed by atoms with van der Waals surface area (Å²) >= 11 is 5.97. The zero-order chi connectivity index (χ0) is 20.8. The van der Waals surface area contributed by atoms with Gasteiger partial charge in [-0.2, -0.15) is 0 Å². The number of carbonyl (C=O) groups excluding carboxylic acids is 3. The van der Waals surface area contributed by atoms with Gasteiger partial charge in [0.05, 0.1) is 6.04 Å². The van der Waals surface area contributed by atoms with Crippen molar-refractivity contribution in [2.24, 2.45) is 11.7 Å². The Kier molecular flexibility index (Phi) is 7.83. The third kappa shape index (κ3) is 5.69. The predicted molar refractivity (Wildman–Crippen MR) is 108 cm³/mol. The van der Waals surface area contributed by atoms with Crippen LogP contribution in [0.4, 0.5) is 0 Å². The summed E-state index contributed by atoms with van der Waals surface area (Å²) in [6.45, 7) is 6.11. The van der Waals surface area contributed by atoms with Crippen molar-refractivity contribution in [3.63, 3.8) is 0 Å². The van der Waals surface area contributed by atoms with E-state index in [0.29, 0.717) is 24.5 Å². The van der Waals surface area contributed by atoms with Crippen molar-refractivity contribution >= 4 is 29.3 Å². The molecule has 1 fully saturated rings. The molecular weight excluding hydrogens is 380 g/mol. The Balaban J connectivity index is 2.03. The molecule has 1 aliphatic heterocycles. The van der Waals surface area contributed by atoms with Gasteiger partial charge in [-0.25, -0.2) is 0 Å². The number of halogens is 1. The Hall–Kier alpha value is -2.12. The normalized spacial score (nSPS) is 18.6. The van der Waals surface area contributed by atoms with E-state index in [-0.39, 0.29) is 23.6 Å². The van der Waals surface area contributed by atoms with Crippen LogP contribution in [0.3, 0.4) is 0 Å². The number of nitrogens with two attached hydrogens (primary N) is 1. The van der Waals surface area contributed by atoms with Crippen molar-refractivity contribution in [3.8, 4) is 0 Å². The van der Waals surface area contributed by atoms with Crippen LogP contribution in [0.2, 0.25) is 5.02 Å². The van der Waals surface area contributed by atoms with Crippen molar-refractivity contribution in [1.29, 1.82) is 0 Å². The lowest BCUT2D eigenvalue weighted by molar-refractivity contribution is -0.142. The van der Waals surface area contributed by atoms with E-state index < -0.39 is 18.1 Å². The molecule has 0 bridgehead atoms. The van der Waals surface area contributed by atoms with Crippen LogP contribution < -0.4 is 16.4 Å². The highest BCUT2D eigenvalue weighted by Gasteiger charge is 2.38. The van der Waals surface area contributed by atoms with Crippen LogP contribution in [-0.2, 0) is 20.9 Å². The maximum Gasteiger partial charge on any atom is 0.246 e. The molecule has 1 aliphatic rings. The average molecular weight is 409 g/mol. The maximum absolute atomic E-state index is 13.1. The highest BCUT2D eigenvalue weighted by molar-refractivity contribution is 6.30. The molecule has 0 radical (unpaired) electrons. The molecule has 3 amide bonds. The van der Waals surface area contributed by atoms with E-state index in [1.165, 1.54) is 0 Å². The SMILES string of the molecule is CC(C)[C@H](NC(=O)[C@H](C)N)C(=O)N1CCC[C@H]1C(=O)NCc1cccc(Cl)c1. The maximum atomic E-state index is 13.1. The number of nitrogens with zero attached hydrogens (tertiary/aromatic N) is 1. The second-order valence-electron chi connectivity index (χ2n) is 7.56. The van der Waals surface area contributed by atoms with Crippen molar-refractivity contribution in [3.05, 3.63) is 34.9 Å². The van der Waals surface area contributed by atoms with Gasteiger partial charge in [0.1, 0.15) is 12.1 Å². The summed E-state index contributed by atoms with van der Waals surface area (Å²) in [5.74, 6) is -0.949. The van der Waals surface area contributed by atoms with Crippen LogP contribution in [-0.4, -0.2) is 47.3 Å². The molecule has 3 atom stereocenters. The van der Waals surface area contributed by atoms with Gasteiger partial charge >= 0.3 is 0 Å². The minimum Gasteiger partial charge on any atom is -0.350 e. The fourth-order valence-electron chi connectivity index (χ4n) is 3.23. The second-order valence-corrected chi connectivity index (χ2v) is 7.99. The Morgan fingerprint density at radius 1 is 1.29 bits per heavy atom. The topological polar surface area (TPSA) is 105 Å². The van der Waals surface area contributed by atoms with Crippen LogP contribution in [0.15, 0.2) is 24.3 Å². The first-order valence-corrected chi connectivity index (χ1v) is 9.97. The van der Waals surface area contributed by atoms with E-state index in [2.05, 4.69) is 10.6 Å². The predicted octanol–water partition coefficient (Wildman–Crippen LogP) is 1.44. The third-order valence-electron chi connectivity index (χ3n) is 4.84. The number of benzene rings is 1. The van der Waals surface area contributed by atoms with Gasteiger partial charge in [0.15, 0.2) is 0 Å². The summed E-state index contributed by atoms with van der Waals surface area (Å²) in [6.07, 6.45) is 1.34. The number of carbonyl (C=O) groups is 3. The molecule has 0 aliphatic carbocycles. The minimum absolute atomic E-state index is 0.119. The van der Waals surface area contributed by atoms with Gasteiger partial charge in [0.25, 0.3) is 0 Å². The molecule has 0 aromatic heterocycles. The lowest BCUT2D eigenvalue weighted by atomic mass is 10.0. The number of nitrogens with one attached hydrogen (secondary N) is 2. The Labute approximate surface area is 171 Å². The zero-order valence-corrected chi connectivity index (χ0v) is 17.3. The Bertz CT molecular complexity index is 723. The molecule has 1 aromatic rings. The van der Waals surface area contributed by atoms with Crippen LogP contribution in [0.5, 0.6) is 0 Å². The highest BCUT2D eigenvalue weighted by atomic mass is 35.5. The highest BCUT2D eigenvalue weighted by Crippen LogP contribution is 2.21. The van der Waals surface area contributed by atoms with Crippen molar-refractivity contribution in [2.45, 2.75) is 58.3 Å². The second kappa shape index (κ2) is 9.89. The van der Waals surface area contributed by atoms with Crippen LogP contribution in [0.25, 0.3) is 0 Å². The monoisotopic (exact) mass is 408 g/mol. The zero-order valence-electron chi connectivity index (χ0n) is 16.6. The molecule has 0 saturated carbocycles. The molecule has 0 spiro atoms. The van der Waals surface area contributed by atoms with E-state index >= 15 is 0 Å². The fourth-order valence-corrected chi connectivity index (χ4v) is 3.45. The van der Waals surface area contributed by atoms with Gasteiger partial charge in [-0.15, -0.1) is 0 Å². The van der Waals surface area contributed by atoms with Gasteiger partial charge in [0, 0.05) is 18.1 Å². The Morgan fingerprint density at radius 2 is 2.00 bits per heavy atom. The van der Waals surface area contributed by atoms with Gasteiger partial charge in [-0.1, -0.05) is 37.6 Å². The van der Waals surface area contributed by atoms with Crippen molar-refractivity contribution in [1.82, 2.24) is 15.5 Å². The summed E-state index contributed by atoms with van der Waals surface area (Å²) in [6, 6.07) is 5.31. The van der Waals surface area contributed by atoms with Gasteiger partial charge < -0.3 is 21.3 Å². The van der Waals surface area contributed by atoms with Gasteiger partial charge in [-0.05, 0) is 43.4 Å². The van der Waals surface area contributed by atoms with Gasteiger partial charge in [-0.3, -0.25) is 14.4 Å². The molecule has 8 heteroatoms. The first-order valence-electron chi connectivity index (χ1n) is 9.59. The summed E-state index contributed by atoms with van der Waals surface area (Å²) in [5.41, 5.74) is 6.50. The molecule has 1 heterocycles. The molecule has 2 rings (SSSR count). The minimum atomic E-state index is -0.708. The van der Waals surface area contributed by atoms with E-state index in [4.69, 9.17) is 17.3 Å². The van der Waals surface area contributed by atoms with Crippen molar-refractivity contribution in [2.75, 3.05) is 6.54 Å². The largest absolute Gasteiger partial charge is 0.350 e. The molecule has 7 nitrogen and oxygen atoms in total. The van der Waals surface area contributed by atoms with Crippen LogP contribution >= 0.6 is 11.6 Å². The fraction of sp³-hybridized carbons (Fsp3) is 0.550. The molecule has 28 heavy (non-hydrogen) atoms. The third-order valence-corrected chi connectivity index (χ3v) is 5.07. The van der Waals surface area contributed by atoms with Crippen molar-refractivity contribution < 1.29 is 14.4 Å². The van der Waals surface area contributed by atoms with Crippen LogP contribution in [0, 0.1) is 5.92 Å². The molecular formula is C20H29ClN4O3. The van der Waals surface area contributed by atoms with E-state index in [9.17, 15) is 14.4 Å². The number of hydrogen-bond acceptors (Lipinski definition) is 4. The molecule has 1 saturated heterocycles. The van der Waals surface area contributed by atoms with E-state index in [0.717, 1.165) is 12.0 Å². The molecule has 4 N–H and O–H groups in total. The van der Waals surface area contributed by atoms with Crippen LogP contribution in [0.1, 0.15) is 39.2 Å². The quantitative estimate of drug-likeness (QED) is 0.634. The first-order chi connectivity index (χ1) is 13.2. The van der Waals surface area contributed by atoms with E-state index in [1.54, 1.807) is 24.0 Å². The number of rotatable bonds is 7. The summed E-state index contributed by atoms with van der Waals surface area (Å²) in [7, 11) is 0.